The first-order chi connectivity index (χ1) is 9.24. The van der Waals surface area contributed by atoms with Crippen LogP contribution in [0.4, 0.5) is 0 Å². The van der Waals surface area contributed by atoms with E-state index in [9.17, 15) is 9.90 Å². The van der Waals surface area contributed by atoms with Gasteiger partial charge in [0, 0.05) is 12.4 Å². The van der Waals surface area contributed by atoms with Crippen LogP contribution in [0.1, 0.15) is 36.2 Å². The molecule has 100 valence electrons. The van der Waals surface area contributed by atoms with Crippen molar-refractivity contribution in [1.29, 1.82) is 0 Å². The molecule has 3 rings (SSSR count). The zero-order valence-electron chi connectivity index (χ0n) is 10.6. The van der Waals surface area contributed by atoms with Crippen molar-refractivity contribution in [3.8, 4) is 0 Å². The topological polar surface area (TPSA) is 66.6 Å². The molecule has 5 heteroatoms. The van der Waals surface area contributed by atoms with Crippen molar-refractivity contribution in [3.05, 3.63) is 36.3 Å². The van der Waals surface area contributed by atoms with Gasteiger partial charge in [-0.1, -0.05) is 18.9 Å². The molecule has 1 aliphatic carbocycles. The van der Waals surface area contributed by atoms with Crippen molar-refractivity contribution in [2.24, 2.45) is 0 Å². The zero-order valence-corrected chi connectivity index (χ0v) is 10.6. The molecule has 1 amide bonds. The number of nitrogens with zero attached hydrogens (tertiary/aromatic N) is 2. The van der Waals surface area contributed by atoms with Crippen LogP contribution < -0.4 is 5.32 Å². The number of aliphatic hydroxyl groups excluding tert-OH is 1. The number of hydrogen-bond acceptors (Lipinski definition) is 3. The lowest BCUT2D eigenvalue weighted by molar-refractivity contribution is 0.0714. The van der Waals surface area contributed by atoms with E-state index in [1.54, 1.807) is 6.20 Å². The highest BCUT2D eigenvalue weighted by Gasteiger charge is 2.25. The number of amides is 1. The van der Waals surface area contributed by atoms with Crippen LogP contribution in [0.25, 0.3) is 5.65 Å². The second-order valence-corrected chi connectivity index (χ2v) is 5.02. The number of aliphatic hydroxyl groups is 1. The minimum atomic E-state index is -0.435. The van der Waals surface area contributed by atoms with Gasteiger partial charge in [-0.3, -0.25) is 4.79 Å². The van der Waals surface area contributed by atoms with Crippen molar-refractivity contribution < 1.29 is 9.90 Å². The van der Waals surface area contributed by atoms with Crippen LogP contribution in [0.2, 0.25) is 0 Å². The molecule has 0 saturated heterocycles. The molecule has 2 N–H and O–H groups in total. The van der Waals surface area contributed by atoms with Gasteiger partial charge in [0.2, 0.25) is 0 Å². The van der Waals surface area contributed by atoms with Crippen LogP contribution in [-0.2, 0) is 0 Å². The molecule has 0 aliphatic heterocycles. The quantitative estimate of drug-likeness (QED) is 0.856. The normalized spacial score (nSPS) is 23.4. The van der Waals surface area contributed by atoms with E-state index in [-0.39, 0.29) is 11.9 Å². The Morgan fingerprint density at radius 3 is 3.00 bits per heavy atom. The van der Waals surface area contributed by atoms with Crippen LogP contribution in [0, 0.1) is 0 Å². The minimum absolute atomic E-state index is 0.147. The van der Waals surface area contributed by atoms with Crippen molar-refractivity contribution in [1.82, 2.24) is 14.7 Å². The van der Waals surface area contributed by atoms with Crippen molar-refractivity contribution in [3.63, 3.8) is 0 Å². The van der Waals surface area contributed by atoms with E-state index in [0.29, 0.717) is 5.69 Å². The molecule has 0 bridgehead atoms. The fourth-order valence-corrected chi connectivity index (χ4v) is 2.57. The van der Waals surface area contributed by atoms with Gasteiger partial charge < -0.3 is 14.8 Å². The number of hydrogen-bond donors (Lipinski definition) is 2. The number of imidazole rings is 1. The van der Waals surface area contributed by atoms with Gasteiger partial charge in [0.1, 0.15) is 11.3 Å². The number of nitrogens with one attached hydrogen (secondary N) is 1. The third-order valence-electron chi connectivity index (χ3n) is 3.64. The molecule has 1 saturated carbocycles. The number of carbonyl (C=O) groups is 1. The van der Waals surface area contributed by atoms with Crippen molar-refractivity contribution >= 4 is 11.6 Å². The van der Waals surface area contributed by atoms with Gasteiger partial charge in [-0.2, -0.15) is 0 Å². The molecule has 2 aromatic heterocycles. The Labute approximate surface area is 111 Å². The summed E-state index contributed by atoms with van der Waals surface area (Å²) in [5.41, 5.74) is 1.14. The van der Waals surface area contributed by atoms with Crippen molar-refractivity contribution in [2.75, 3.05) is 0 Å². The average molecular weight is 259 g/mol. The predicted octanol–water partition coefficient (Wildman–Crippen LogP) is 1.37. The predicted molar refractivity (Wildman–Crippen MR) is 70.9 cm³/mol. The number of aromatic nitrogens is 2. The summed E-state index contributed by atoms with van der Waals surface area (Å²) in [6.07, 6.45) is 6.80. The number of carbonyl (C=O) groups excluding carboxylic acids is 1. The number of pyridine rings is 1. The largest absolute Gasteiger partial charge is 0.391 e. The summed E-state index contributed by atoms with van der Waals surface area (Å²) in [5, 5.41) is 12.7. The minimum Gasteiger partial charge on any atom is -0.391 e. The summed E-state index contributed by atoms with van der Waals surface area (Å²) < 4.78 is 1.81. The zero-order chi connectivity index (χ0) is 13.2. The van der Waals surface area contributed by atoms with E-state index in [4.69, 9.17) is 0 Å². The van der Waals surface area contributed by atoms with Gasteiger partial charge in [-0.25, -0.2) is 4.98 Å². The summed E-state index contributed by atoms with van der Waals surface area (Å²) >= 11 is 0. The highest BCUT2D eigenvalue weighted by atomic mass is 16.3. The number of rotatable bonds is 2. The summed E-state index contributed by atoms with van der Waals surface area (Å²) in [5.74, 6) is -0.213. The maximum atomic E-state index is 12.1. The van der Waals surface area contributed by atoms with Gasteiger partial charge in [-0.15, -0.1) is 0 Å². The average Bonchev–Trinajstić information content (AvgIpc) is 2.85. The molecular formula is C14H17N3O2. The van der Waals surface area contributed by atoms with Gasteiger partial charge in [-0.05, 0) is 25.0 Å². The summed E-state index contributed by atoms with van der Waals surface area (Å²) in [6.45, 7) is 0. The van der Waals surface area contributed by atoms with E-state index < -0.39 is 6.10 Å². The maximum Gasteiger partial charge on any atom is 0.271 e. The molecule has 0 aromatic carbocycles. The van der Waals surface area contributed by atoms with E-state index in [1.807, 2.05) is 28.8 Å². The Bertz CT molecular complexity index is 560. The van der Waals surface area contributed by atoms with Crippen LogP contribution >= 0.6 is 0 Å². The molecule has 1 aliphatic rings. The Balaban J connectivity index is 1.76. The standard InChI is InChI=1S/C14H17N3O2/c18-12-6-2-1-5-10(12)16-14(19)11-9-17-8-4-3-7-13(17)15-11/h3-4,7-10,12,18H,1-2,5-6H2,(H,16,19)/t10-,12-/m1/s1. The monoisotopic (exact) mass is 259 g/mol. The van der Waals surface area contributed by atoms with Crippen LogP contribution in [0.5, 0.6) is 0 Å². The molecular weight excluding hydrogens is 242 g/mol. The lowest BCUT2D eigenvalue weighted by atomic mass is 9.92. The van der Waals surface area contributed by atoms with E-state index >= 15 is 0 Å². The van der Waals surface area contributed by atoms with Gasteiger partial charge in [0.15, 0.2) is 0 Å². The van der Waals surface area contributed by atoms with E-state index in [2.05, 4.69) is 10.3 Å². The molecule has 2 aromatic rings. The Kier molecular flexibility index (Phi) is 3.21. The van der Waals surface area contributed by atoms with Gasteiger partial charge in [0.25, 0.3) is 5.91 Å². The highest BCUT2D eigenvalue weighted by molar-refractivity contribution is 5.93. The smallest absolute Gasteiger partial charge is 0.271 e. The molecule has 0 radical (unpaired) electrons. The van der Waals surface area contributed by atoms with Crippen LogP contribution in [0.15, 0.2) is 30.6 Å². The second kappa shape index (κ2) is 5.01. The molecule has 0 spiro atoms. The molecule has 0 unspecified atom stereocenters. The summed E-state index contributed by atoms with van der Waals surface area (Å²) in [6, 6.07) is 5.48. The van der Waals surface area contributed by atoms with Crippen LogP contribution in [-0.4, -0.2) is 32.5 Å². The Morgan fingerprint density at radius 1 is 1.37 bits per heavy atom. The third kappa shape index (κ3) is 2.46. The molecule has 2 atom stereocenters. The number of fused-ring (bicyclic) bond motifs is 1. The summed E-state index contributed by atoms with van der Waals surface area (Å²) in [4.78, 5) is 16.4. The third-order valence-corrected chi connectivity index (χ3v) is 3.64. The molecule has 5 nitrogen and oxygen atoms in total. The van der Waals surface area contributed by atoms with Crippen molar-refractivity contribution in [2.45, 2.75) is 37.8 Å². The maximum absolute atomic E-state index is 12.1. The second-order valence-electron chi connectivity index (χ2n) is 5.02. The first-order valence-electron chi connectivity index (χ1n) is 6.67. The highest BCUT2D eigenvalue weighted by Crippen LogP contribution is 2.18. The summed E-state index contributed by atoms with van der Waals surface area (Å²) in [7, 11) is 0. The van der Waals surface area contributed by atoms with E-state index in [1.165, 1.54) is 0 Å². The SMILES string of the molecule is O=C(N[C@@H]1CCCC[C@H]1O)c1cn2ccccc2n1. The Morgan fingerprint density at radius 2 is 2.21 bits per heavy atom. The lowest BCUT2D eigenvalue weighted by Gasteiger charge is -2.27. The fourth-order valence-electron chi connectivity index (χ4n) is 2.57. The van der Waals surface area contributed by atoms with Crippen LogP contribution in [0.3, 0.4) is 0 Å². The molecule has 2 heterocycles. The first-order valence-corrected chi connectivity index (χ1v) is 6.67. The molecule has 1 fully saturated rings. The Hall–Kier alpha value is -1.88. The molecule has 19 heavy (non-hydrogen) atoms. The lowest BCUT2D eigenvalue weighted by Crippen LogP contribution is -2.45. The van der Waals surface area contributed by atoms with E-state index in [0.717, 1.165) is 31.3 Å². The van der Waals surface area contributed by atoms with Gasteiger partial charge in [0.05, 0.1) is 12.1 Å². The first kappa shape index (κ1) is 12.2. The van der Waals surface area contributed by atoms with Gasteiger partial charge >= 0.3 is 0 Å². The fraction of sp³-hybridized carbons (Fsp3) is 0.429.